The molecule has 0 aliphatic heterocycles. The first kappa shape index (κ1) is 23.8. The molecule has 1 heterocycles. The zero-order valence-electron chi connectivity index (χ0n) is 18.6. The third-order valence-electron chi connectivity index (χ3n) is 4.77. The molecule has 2 aromatic carbocycles. The van der Waals surface area contributed by atoms with Crippen LogP contribution in [0.2, 0.25) is 0 Å². The van der Waals surface area contributed by atoms with Crippen LogP contribution in [0.15, 0.2) is 60.0 Å². The minimum absolute atomic E-state index is 0.0119. The number of amides is 2. The number of anilines is 2. The van der Waals surface area contributed by atoms with E-state index >= 15 is 0 Å². The average molecular weight is 471 g/mol. The van der Waals surface area contributed by atoms with Gasteiger partial charge in [0.05, 0.1) is 23.8 Å². The van der Waals surface area contributed by atoms with Crippen molar-refractivity contribution in [1.29, 1.82) is 0 Å². The Balaban J connectivity index is 1.71. The fourth-order valence-corrected chi connectivity index (χ4v) is 5.13. The number of rotatable bonds is 8. The van der Waals surface area contributed by atoms with Crippen LogP contribution in [0.3, 0.4) is 0 Å². The quantitative estimate of drug-likeness (QED) is 0.430. The molecule has 2 amide bonds. The standard InChI is InChI=1S/C24H30N4O2S2/c1-32(2,3)16-28(23(29)14-25)15-17-6-8-18(9-7-17)24(30)27-21-13-19(10-11-20(21)26)22-5-4-12-31-22/h4-13H,14-16,25-26H2,1-3H3,(H,27,30). The maximum atomic E-state index is 12.8. The van der Waals surface area contributed by atoms with Gasteiger partial charge in [0.1, 0.15) is 0 Å². The molecule has 8 heteroatoms. The number of nitrogen functional groups attached to an aromatic ring is 1. The van der Waals surface area contributed by atoms with E-state index in [1.807, 2.05) is 41.8 Å². The molecule has 0 unspecified atom stereocenters. The first-order valence-corrected chi connectivity index (χ1v) is 14.0. The number of nitrogens with two attached hydrogens (primary N) is 2. The SMILES string of the molecule is CS(C)(C)CN(Cc1ccc(C(=O)Nc2cc(-c3cccs3)ccc2N)cc1)C(=O)CN. The summed E-state index contributed by atoms with van der Waals surface area (Å²) in [5.74, 6) is 0.376. The monoisotopic (exact) mass is 470 g/mol. The highest BCUT2D eigenvalue weighted by Crippen LogP contribution is 2.35. The summed E-state index contributed by atoms with van der Waals surface area (Å²) in [7, 11) is -0.904. The van der Waals surface area contributed by atoms with E-state index in [0.717, 1.165) is 16.0 Å². The van der Waals surface area contributed by atoms with Crippen LogP contribution in [0.4, 0.5) is 11.4 Å². The van der Waals surface area contributed by atoms with E-state index in [2.05, 4.69) is 24.1 Å². The minimum atomic E-state index is -0.904. The molecule has 6 nitrogen and oxygen atoms in total. The van der Waals surface area contributed by atoms with E-state index < -0.39 is 10.0 Å². The zero-order chi connectivity index (χ0) is 23.3. The number of nitrogens with one attached hydrogen (secondary N) is 1. The van der Waals surface area contributed by atoms with Gasteiger partial charge in [-0.05, 0) is 65.6 Å². The molecule has 0 saturated heterocycles. The van der Waals surface area contributed by atoms with Crippen molar-refractivity contribution in [3.63, 3.8) is 0 Å². The lowest BCUT2D eigenvalue weighted by atomic mass is 10.1. The van der Waals surface area contributed by atoms with Crippen LogP contribution in [0.25, 0.3) is 10.4 Å². The van der Waals surface area contributed by atoms with Crippen LogP contribution >= 0.6 is 21.4 Å². The van der Waals surface area contributed by atoms with Crippen LogP contribution in [-0.4, -0.2) is 47.9 Å². The van der Waals surface area contributed by atoms with Crippen molar-refractivity contribution in [2.24, 2.45) is 5.73 Å². The summed E-state index contributed by atoms with van der Waals surface area (Å²) in [5, 5.41) is 4.92. The van der Waals surface area contributed by atoms with E-state index in [4.69, 9.17) is 11.5 Å². The van der Waals surface area contributed by atoms with Gasteiger partial charge in [-0.1, -0.05) is 24.3 Å². The number of hydrogen-bond acceptors (Lipinski definition) is 5. The largest absolute Gasteiger partial charge is 0.397 e. The van der Waals surface area contributed by atoms with Crippen molar-refractivity contribution < 1.29 is 9.59 Å². The van der Waals surface area contributed by atoms with Gasteiger partial charge in [0.2, 0.25) is 5.91 Å². The van der Waals surface area contributed by atoms with E-state index in [1.165, 1.54) is 0 Å². The van der Waals surface area contributed by atoms with Crippen LogP contribution < -0.4 is 16.8 Å². The second-order valence-corrected chi connectivity index (χ2v) is 13.8. The Morgan fingerprint density at radius 2 is 1.78 bits per heavy atom. The molecular formula is C24H30N4O2S2. The summed E-state index contributed by atoms with van der Waals surface area (Å²) in [6.45, 7) is 0.458. The molecule has 0 aliphatic rings. The summed E-state index contributed by atoms with van der Waals surface area (Å²) in [6, 6.07) is 16.9. The number of carbonyl (C=O) groups excluding carboxylic acids is 2. The molecule has 32 heavy (non-hydrogen) atoms. The Bertz CT molecular complexity index is 1070. The van der Waals surface area contributed by atoms with Crippen molar-refractivity contribution in [2.75, 3.05) is 42.2 Å². The molecule has 3 rings (SSSR count). The fraction of sp³-hybridized carbons (Fsp3) is 0.250. The summed E-state index contributed by atoms with van der Waals surface area (Å²) in [5.41, 5.74) is 15.2. The molecule has 0 radical (unpaired) electrons. The molecule has 0 fully saturated rings. The van der Waals surface area contributed by atoms with Crippen molar-refractivity contribution in [1.82, 2.24) is 4.90 Å². The van der Waals surface area contributed by atoms with E-state index in [-0.39, 0.29) is 18.4 Å². The van der Waals surface area contributed by atoms with Crippen molar-refractivity contribution >= 4 is 44.6 Å². The van der Waals surface area contributed by atoms with Gasteiger partial charge in [-0.15, -0.1) is 11.3 Å². The molecule has 0 bridgehead atoms. The summed E-state index contributed by atoms with van der Waals surface area (Å²) in [4.78, 5) is 28.0. The minimum Gasteiger partial charge on any atom is -0.397 e. The molecule has 0 spiro atoms. The number of benzene rings is 2. The maximum absolute atomic E-state index is 12.8. The predicted molar refractivity (Wildman–Crippen MR) is 138 cm³/mol. The number of nitrogens with zero attached hydrogens (tertiary/aromatic N) is 1. The highest BCUT2D eigenvalue weighted by Gasteiger charge is 2.18. The second-order valence-electron chi connectivity index (χ2n) is 8.45. The Kier molecular flexibility index (Phi) is 7.60. The first-order chi connectivity index (χ1) is 15.2. The van der Waals surface area contributed by atoms with Gasteiger partial charge in [-0.3, -0.25) is 9.59 Å². The van der Waals surface area contributed by atoms with E-state index in [0.29, 0.717) is 29.4 Å². The molecule has 170 valence electrons. The zero-order valence-corrected chi connectivity index (χ0v) is 20.3. The lowest BCUT2D eigenvalue weighted by molar-refractivity contribution is -0.129. The number of carbonyl (C=O) groups is 2. The average Bonchev–Trinajstić information content (AvgIpc) is 3.28. The van der Waals surface area contributed by atoms with E-state index in [1.54, 1.807) is 34.4 Å². The Morgan fingerprint density at radius 3 is 2.38 bits per heavy atom. The van der Waals surface area contributed by atoms with Crippen LogP contribution in [0.5, 0.6) is 0 Å². The van der Waals surface area contributed by atoms with Gasteiger partial charge < -0.3 is 21.7 Å². The number of thiophene rings is 1. The molecular weight excluding hydrogens is 440 g/mol. The normalized spacial score (nSPS) is 11.8. The fourth-order valence-electron chi connectivity index (χ4n) is 3.24. The Morgan fingerprint density at radius 1 is 1.06 bits per heavy atom. The predicted octanol–water partition coefficient (Wildman–Crippen LogP) is 4.19. The highest BCUT2D eigenvalue weighted by molar-refractivity contribution is 8.32. The van der Waals surface area contributed by atoms with Gasteiger partial charge in [0, 0.05) is 17.0 Å². The summed E-state index contributed by atoms with van der Waals surface area (Å²) in [6.07, 6.45) is 6.49. The van der Waals surface area contributed by atoms with Crippen molar-refractivity contribution in [3.8, 4) is 10.4 Å². The molecule has 3 aromatic rings. The van der Waals surface area contributed by atoms with Gasteiger partial charge in [0.25, 0.3) is 5.91 Å². The maximum Gasteiger partial charge on any atom is 0.255 e. The van der Waals surface area contributed by atoms with Crippen LogP contribution in [0, 0.1) is 0 Å². The lowest BCUT2D eigenvalue weighted by Crippen LogP contribution is -2.37. The molecule has 1 aromatic heterocycles. The smallest absolute Gasteiger partial charge is 0.255 e. The molecule has 0 aliphatic carbocycles. The molecule has 5 N–H and O–H groups in total. The lowest BCUT2D eigenvalue weighted by Gasteiger charge is -2.33. The summed E-state index contributed by atoms with van der Waals surface area (Å²) < 4.78 is 0. The molecule has 0 saturated carbocycles. The third kappa shape index (κ3) is 6.35. The van der Waals surface area contributed by atoms with Gasteiger partial charge in [0.15, 0.2) is 0 Å². The van der Waals surface area contributed by atoms with Gasteiger partial charge in [-0.25, -0.2) is 10.0 Å². The van der Waals surface area contributed by atoms with Crippen molar-refractivity contribution in [2.45, 2.75) is 6.54 Å². The van der Waals surface area contributed by atoms with Crippen molar-refractivity contribution in [3.05, 3.63) is 71.1 Å². The Hall–Kier alpha value is -2.81. The third-order valence-corrected chi connectivity index (χ3v) is 6.77. The second kappa shape index (κ2) is 10.2. The topological polar surface area (TPSA) is 101 Å². The van der Waals surface area contributed by atoms with E-state index in [9.17, 15) is 9.59 Å². The highest BCUT2D eigenvalue weighted by atomic mass is 32.3. The first-order valence-electron chi connectivity index (χ1n) is 10.1. The number of hydrogen-bond donors (Lipinski definition) is 3. The van der Waals surface area contributed by atoms with Gasteiger partial charge in [-0.2, -0.15) is 0 Å². The van der Waals surface area contributed by atoms with Crippen LogP contribution in [-0.2, 0) is 11.3 Å². The van der Waals surface area contributed by atoms with Crippen LogP contribution in [0.1, 0.15) is 15.9 Å². The van der Waals surface area contributed by atoms with Gasteiger partial charge >= 0.3 is 0 Å². The molecule has 0 atom stereocenters. The Labute approximate surface area is 194 Å². The summed E-state index contributed by atoms with van der Waals surface area (Å²) >= 11 is 1.63.